The number of rotatable bonds is 2. The van der Waals surface area contributed by atoms with Gasteiger partial charge >= 0.3 is 0 Å². The molecule has 0 aliphatic rings. The van der Waals surface area contributed by atoms with Gasteiger partial charge in [-0.1, -0.05) is 23.2 Å². The lowest BCUT2D eigenvalue weighted by molar-refractivity contribution is 0.181. The molecule has 90 valence electrons. The number of nitrogens with one attached hydrogen (secondary N) is 1. The molecule has 0 radical (unpaired) electrons. The first-order chi connectivity index (χ1) is 8.04. The summed E-state index contributed by atoms with van der Waals surface area (Å²) in [6.07, 6.45) is 0. The molecule has 0 saturated heterocycles. The van der Waals surface area contributed by atoms with Crippen LogP contribution in [0.4, 0.5) is 0 Å². The van der Waals surface area contributed by atoms with Crippen molar-refractivity contribution >= 4 is 34.1 Å². The van der Waals surface area contributed by atoms with Gasteiger partial charge in [0.05, 0.1) is 27.6 Å². The molecule has 17 heavy (non-hydrogen) atoms. The zero-order valence-electron chi connectivity index (χ0n) is 9.43. The highest BCUT2D eigenvalue weighted by atomic mass is 35.5. The van der Waals surface area contributed by atoms with Crippen LogP contribution in [-0.2, 0) is 11.3 Å². The molecule has 1 aromatic carbocycles. The fourth-order valence-electron chi connectivity index (χ4n) is 1.77. The number of benzene rings is 1. The summed E-state index contributed by atoms with van der Waals surface area (Å²) in [5.74, 6) is 0. The molecular weight excluding hydrogens is 261 g/mol. The number of pyridine rings is 1. The molecule has 0 fully saturated rings. The highest BCUT2D eigenvalue weighted by molar-refractivity contribution is 6.40. The van der Waals surface area contributed by atoms with Crippen LogP contribution in [-0.4, -0.2) is 12.1 Å². The Hall–Kier alpha value is -1.03. The number of aromatic nitrogens is 1. The van der Waals surface area contributed by atoms with Gasteiger partial charge in [-0.2, -0.15) is 0 Å². The van der Waals surface area contributed by atoms with Crippen LogP contribution < -0.4 is 5.43 Å². The van der Waals surface area contributed by atoms with Crippen molar-refractivity contribution in [1.29, 1.82) is 0 Å². The number of H-pyrrole nitrogens is 1. The Morgan fingerprint density at radius 1 is 1.35 bits per heavy atom. The van der Waals surface area contributed by atoms with Gasteiger partial charge in [0.2, 0.25) is 0 Å². The summed E-state index contributed by atoms with van der Waals surface area (Å²) in [5, 5.41) is 1.35. The average molecular weight is 272 g/mol. The zero-order valence-corrected chi connectivity index (χ0v) is 10.9. The monoisotopic (exact) mass is 271 g/mol. The standard InChI is InChI=1S/C12H11Cl2NO2/c1-6-3-8(13)12-10(11(6)14)9(16)4-7(15-12)5-17-2/h3-4H,5H2,1-2H3,(H,15,16). The van der Waals surface area contributed by atoms with E-state index in [1.165, 1.54) is 6.07 Å². The lowest BCUT2D eigenvalue weighted by Crippen LogP contribution is -2.07. The minimum Gasteiger partial charge on any atom is -0.378 e. The topological polar surface area (TPSA) is 42.1 Å². The first-order valence-corrected chi connectivity index (χ1v) is 5.79. The van der Waals surface area contributed by atoms with Gasteiger partial charge in [-0.05, 0) is 18.6 Å². The smallest absolute Gasteiger partial charge is 0.191 e. The molecule has 1 N–H and O–H groups in total. The largest absolute Gasteiger partial charge is 0.378 e. The molecule has 3 nitrogen and oxygen atoms in total. The molecule has 1 aromatic heterocycles. The SMILES string of the molecule is COCc1cc(=O)c2c(Cl)c(C)cc(Cl)c2[nH]1. The summed E-state index contributed by atoms with van der Waals surface area (Å²) in [7, 11) is 1.56. The van der Waals surface area contributed by atoms with E-state index in [1.54, 1.807) is 13.2 Å². The van der Waals surface area contributed by atoms with Crippen molar-refractivity contribution in [1.82, 2.24) is 4.98 Å². The number of aryl methyl sites for hydroxylation is 1. The van der Waals surface area contributed by atoms with Crippen molar-refractivity contribution in [2.24, 2.45) is 0 Å². The molecule has 0 spiro atoms. The van der Waals surface area contributed by atoms with Crippen LogP contribution in [0, 0.1) is 6.92 Å². The van der Waals surface area contributed by atoms with Crippen LogP contribution >= 0.6 is 23.2 Å². The van der Waals surface area contributed by atoms with E-state index >= 15 is 0 Å². The lowest BCUT2D eigenvalue weighted by atomic mass is 10.1. The molecule has 0 atom stereocenters. The number of hydrogen-bond acceptors (Lipinski definition) is 2. The first-order valence-electron chi connectivity index (χ1n) is 5.04. The van der Waals surface area contributed by atoms with E-state index in [4.69, 9.17) is 27.9 Å². The first kappa shape index (κ1) is 12.4. The second-order valence-corrected chi connectivity index (χ2v) is 4.62. The molecule has 0 unspecified atom stereocenters. The van der Waals surface area contributed by atoms with Crippen molar-refractivity contribution < 1.29 is 4.74 Å². The Morgan fingerprint density at radius 2 is 2.06 bits per heavy atom. The van der Waals surface area contributed by atoms with E-state index in [0.717, 1.165) is 5.56 Å². The van der Waals surface area contributed by atoms with E-state index in [0.29, 0.717) is 33.2 Å². The van der Waals surface area contributed by atoms with Gasteiger partial charge in [0.25, 0.3) is 0 Å². The van der Waals surface area contributed by atoms with E-state index in [9.17, 15) is 4.79 Å². The van der Waals surface area contributed by atoms with E-state index in [2.05, 4.69) is 4.98 Å². The second-order valence-electron chi connectivity index (χ2n) is 3.83. The van der Waals surface area contributed by atoms with Gasteiger partial charge in [-0.15, -0.1) is 0 Å². The quantitative estimate of drug-likeness (QED) is 0.911. The molecule has 0 bridgehead atoms. The Labute approximate surface area is 108 Å². The second kappa shape index (κ2) is 4.69. The van der Waals surface area contributed by atoms with Crippen LogP contribution in [0.2, 0.25) is 10.0 Å². The van der Waals surface area contributed by atoms with Crippen LogP contribution in [0.25, 0.3) is 10.9 Å². The van der Waals surface area contributed by atoms with Gasteiger partial charge in [-0.3, -0.25) is 4.79 Å². The number of aromatic amines is 1. The zero-order chi connectivity index (χ0) is 12.6. The third-order valence-electron chi connectivity index (χ3n) is 2.53. The molecule has 0 saturated carbocycles. The minimum absolute atomic E-state index is 0.151. The highest BCUT2D eigenvalue weighted by Crippen LogP contribution is 2.29. The third-order valence-corrected chi connectivity index (χ3v) is 3.32. The Bertz CT molecular complexity index is 634. The molecule has 0 aliphatic heterocycles. The molecular formula is C12H11Cl2NO2. The van der Waals surface area contributed by atoms with Gasteiger partial charge in [-0.25, -0.2) is 0 Å². The summed E-state index contributed by atoms with van der Waals surface area (Å²) in [4.78, 5) is 15.0. The van der Waals surface area contributed by atoms with Crippen molar-refractivity contribution in [3.8, 4) is 0 Å². The number of methoxy groups -OCH3 is 1. The van der Waals surface area contributed by atoms with Crippen LogP contribution in [0.3, 0.4) is 0 Å². The summed E-state index contributed by atoms with van der Waals surface area (Å²) in [6, 6.07) is 3.21. The van der Waals surface area contributed by atoms with Crippen molar-refractivity contribution in [3.05, 3.63) is 43.7 Å². The maximum absolute atomic E-state index is 12.0. The molecule has 0 aliphatic carbocycles. The molecule has 2 rings (SSSR count). The predicted octanol–water partition coefficient (Wildman–Crippen LogP) is 3.29. The Balaban J connectivity index is 2.86. The van der Waals surface area contributed by atoms with Gasteiger partial charge < -0.3 is 9.72 Å². The van der Waals surface area contributed by atoms with E-state index in [-0.39, 0.29) is 5.43 Å². The van der Waals surface area contributed by atoms with E-state index in [1.807, 2.05) is 6.92 Å². The number of ether oxygens (including phenoxy) is 1. The highest BCUT2D eigenvalue weighted by Gasteiger charge is 2.11. The molecule has 5 heteroatoms. The predicted molar refractivity (Wildman–Crippen MR) is 70.0 cm³/mol. The lowest BCUT2D eigenvalue weighted by Gasteiger charge is -2.08. The maximum atomic E-state index is 12.0. The maximum Gasteiger partial charge on any atom is 0.191 e. The van der Waals surface area contributed by atoms with Crippen molar-refractivity contribution in [2.45, 2.75) is 13.5 Å². The molecule has 0 amide bonds. The summed E-state index contributed by atoms with van der Waals surface area (Å²) >= 11 is 12.2. The number of halogens is 2. The molecule has 2 aromatic rings. The van der Waals surface area contributed by atoms with Crippen molar-refractivity contribution in [2.75, 3.05) is 7.11 Å². The van der Waals surface area contributed by atoms with Gasteiger partial charge in [0.1, 0.15) is 0 Å². The van der Waals surface area contributed by atoms with Crippen LogP contribution in [0.15, 0.2) is 16.9 Å². The Kier molecular flexibility index (Phi) is 3.43. The summed E-state index contributed by atoms with van der Waals surface area (Å²) in [6.45, 7) is 2.14. The summed E-state index contributed by atoms with van der Waals surface area (Å²) < 4.78 is 4.98. The Morgan fingerprint density at radius 3 is 2.71 bits per heavy atom. The van der Waals surface area contributed by atoms with Crippen molar-refractivity contribution in [3.63, 3.8) is 0 Å². The number of fused-ring (bicyclic) bond motifs is 1. The van der Waals surface area contributed by atoms with Crippen LogP contribution in [0.1, 0.15) is 11.3 Å². The minimum atomic E-state index is -0.151. The number of hydrogen-bond donors (Lipinski definition) is 1. The molecule has 1 heterocycles. The average Bonchev–Trinajstić information content (AvgIpc) is 2.26. The summed E-state index contributed by atoms with van der Waals surface area (Å²) in [5.41, 5.74) is 1.86. The third kappa shape index (κ3) is 2.18. The van der Waals surface area contributed by atoms with Crippen LogP contribution in [0.5, 0.6) is 0 Å². The van der Waals surface area contributed by atoms with Gasteiger partial charge in [0, 0.05) is 18.9 Å². The normalized spacial score (nSPS) is 11.1. The fraction of sp³-hybridized carbons (Fsp3) is 0.250. The van der Waals surface area contributed by atoms with E-state index < -0.39 is 0 Å². The fourth-order valence-corrected chi connectivity index (χ4v) is 2.31. The van der Waals surface area contributed by atoms with Gasteiger partial charge in [0.15, 0.2) is 5.43 Å².